The quantitative estimate of drug-likeness (QED) is 0.827. The van der Waals surface area contributed by atoms with Crippen molar-refractivity contribution in [2.24, 2.45) is 5.92 Å². The first-order valence-corrected chi connectivity index (χ1v) is 8.99. The lowest BCUT2D eigenvalue weighted by molar-refractivity contribution is 0.175. The number of thioether (sulfide) groups is 1. The van der Waals surface area contributed by atoms with Crippen LogP contribution in [-0.4, -0.2) is 48.1 Å². The van der Waals surface area contributed by atoms with Crippen LogP contribution in [0, 0.1) is 5.92 Å². The Morgan fingerprint density at radius 2 is 1.89 bits per heavy atom. The molecular formula is C15H30N2S. The van der Waals surface area contributed by atoms with E-state index >= 15 is 0 Å². The van der Waals surface area contributed by atoms with Crippen LogP contribution in [0.25, 0.3) is 0 Å². The molecule has 106 valence electrons. The molecule has 1 aliphatic heterocycles. The molecular weight excluding hydrogens is 240 g/mol. The van der Waals surface area contributed by atoms with Crippen molar-refractivity contribution in [3.8, 4) is 0 Å². The van der Waals surface area contributed by atoms with E-state index in [1.165, 1.54) is 51.7 Å². The molecule has 0 spiro atoms. The van der Waals surface area contributed by atoms with Crippen LogP contribution >= 0.6 is 11.8 Å². The Labute approximate surface area is 117 Å². The van der Waals surface area contributed by atoms with Crippen molar-refractivity contribution in [1.82, 2.24) is 10.2 Å². The summed E-state index contributed by atoms with van der Waals surface area (Å²) >= 11 is 2.07. The van der Waals surface area contributed by atoms with Gasteiger partial charge in [0, 0.05) is 23.9 Å². The smallest absolute Gasteiger partial charge is 0.0198 e. The summed E-state index contributed by atoms with van der Waals surface area (Å²) in [5.41, 5.74) is 0. The predicted molar refractivity (Wildman–Crippen MR) is 82.4 cm³/mol. The molecule has 0 amide bonds. The first kappa shape index (κ1) is 14.7. The lowest BCUT2D eigenvalue weighted by Gasteiger charge is -2.35. The predicted octanol–water partition coefficient (Wildman–Crippen LogP) is 2.98. The third-order valence-corrected chi connectivity index (χ3v) is 5.59. The molecule has 2 atom stereocenters. The maximum absolute atomic E-state index is 3.95. The van der Waals surface area contributed by atoms with Gasteiger partial charge in [-0.2, -0.15) is 11.8 Å². The van der Waals surface area contributed by atoms with Crippen LogP contribution in [-0.2, 0) is 0 Å². The van der Waals surface area contributed by atoms with Crippen molar-refractivity contribution in [2.45, 2.75) is 63.3 Å². The maximum Gasteiger partial charge on any atom is 0.0198 e. The zero-order valence-corrected chi connectivity index (χ0v) is 13.1. The second-order valence-electron chi connectivity index (χ2n) is 6.45. The highest BCUT2D eigenvalue weighted by Gasteiger charge is 2.29. The van der Waals surface area contributed by atoms with E-state index in [1.807, 2.05) is 0 Å². The molecule has 0 unspecified atom stereocenters. The van der Waals surface area contributed by atoms with Crippen LogP contribution in [0.4, 0.5) is 0 Å². The fourth-order valence-electron chi connectivity index (χ4n) is 3.50. The highest BCUT2D eigenvalue weighted by Crippen LogP contribution is 2.29. The normalized spacial score (nSPS) is 31.3. The molecule has 0 aromatic carbocycles. The first-order chi connectivity index (χ1) is 8.69. The Bertz CT molecular complexity index is 237. The van der Waals surface area contributed by atoms with E-state index in [4.69, 9.17) is 0 Å². The molecule has 1 aliphatic carbocycles. The van der Waals surface area contributed by atoms with E-state index < -0.39 is 0 Å². The van der Waals surface area contributed by atoms with Crippen molar-refractivity contribution in [3.05, 3.63) is 0 Å². The molecule has 2 aliphatic rings. The minimum Gasteiger partial charge on any atom is -0.310 e. The Kier molecular flexibility index (Phi) is 5.84. The van der Waals surface area contributed by atoms with Gasteiger partial charge in [0.2, 0.25) is 0 Å². The van der Waals surface area contributed by atoms with Gasteiger partial charge in [0.15, 0.2) is 0 Å². The average Bonchev–Trinajstić information content (AvgIpc) is 2.78. The van der Waals surface area contributed by atoms with Crippen molar-refractivity contribution in [3.63, 3.8) is 0 Å². The van der Waals surface area contributed by atoms with Crippen molar-refractivity contribution < 1.29 is 0 Å². The molecule has 1 saturated heterocycles. The van der Waals surface area contributed by atoms with Crippen molar-refractivity contribution >= 4 is 11.8 Å². The SMILES string of the molecule is CS[C@@H]1CCC[C@@H]1NC1CCN(CC(C)C)CC1. The van der Waals surface area contributed by atoms with Gasteiger partial charge < -0.3 is 10.2 Å². The molecule has 0 aromatic heterocycles. The largest absolute Gasteiger partial charge is 0.310 e. The Morgan fingerprint density at radius 1 is 1.17 bits per heavy atom. The topological polar surface area (TPSA) is 15.3 Å². The van der Waals surface area contributed by atoms with Crippen LogP contribution < -0.4 is 5.32 Å². The fourth-order valence-corrected chi connectivity index (χ4v) is 4.45. The molecule has 2 nitrogen and oxygen atoms in total. The Hall–Kier alpha value is 0.270. The van der Waals surface area contributed by atoms with Crippen LogP contribution in [0.1, 0.15) is 46.0 Å². The van der Waals surface area contributed by atoms with Crippen LogP contribution in [0.5, 0.6) is 0 Å². The number of hydrogen-bond donors (Lipinski definition) is 1. The second kappa shape index (κ2) is 7.16. The minimum atomic E-state index is 0.783. The lowest BCUT2D eigenvalue weighted by atomic mass is 10.0. The summed E-state index contributed by atoms with van der Waals surface area (Å²) in [4.78, 5) is 2.64. The summed E-state index contributed by atoms with van der Waals surface area (Å²) in [6.07, 6.45) is 9.22. The molecule has 18 heavy (non-hydrogen) atoms. The second-order valence-corrected chi connectivity index (χ2v) is 7.52. The first-order valence-electron chi connectivity index (χ1n) is 7.70. The Balaban J connectivity index is 1.70. The summed E-state index contributed by atoms with van der Waals surface area (Å²) in [6, 6.07) is 1.58. The van der Waals surface area contributed by atoms with E-state index in [0.29, 0.717) is 0 Å². The summed E-state index contributed by atoms with van der Waals surface area (Å²) in [5.74, 6) is 0.810. The highest BCUT2D eigenvalue weighted by atomic mass is 32.2. The van der Waals surface area contributed by atoms with Gasteiger partial charge in [-0.15, -0.1) is 0 Å². The molecule has 0 aromatic rings. The molecule has 1 saturated carbocycles. The van der Waals surface area contributed by atoms with E-state index in [2.05, 4.69) is 42.1 Å². The number of piperidine rings is 1. The van der Waals surface area contributed by atoms with Crippen molar-refractivity contribution in [1.29, 1.82) is 0 Å². The van der Waals surface area contributed by atoms with E-state index in [0.717, 1.165) is 23.3 Å². The summed E-state index contributed by atoms with van der Waals surface area (Å²) in [6.45, 7) is 8.53. The zero-order chi connectivity index (χ0) is 13.0. The maximum atomic E-state index is 3.95. The van der Waals surface area contributed by atoms with E-state index in [1.54, 1.807) is 0 Å². The third kappa shape index (κ3) is 4.14. The zero-order valence-electron chi connectivity index (χ0n) is 12.3. The van der Waals surface area contributed by atoms with Gasteiger partial charge in [-0.1, -0.05) is 20.3 Å². The van der Waals surface area contributed by atoms with Gasteiger partial charge in [0.1, 0.15) is 0 Å². The van der Waals surface area contributed by atoms with E-state index in [9.17, 15) is 0 Å². The average molecular weight is 270 g/mol. The summed E-state index contributed by atoms with van der Waals surface area (Å²) in [7, 11) is 0. The lowest BCUT2D eigenvalue weighted by Crippen LogP contribution is -2.48. The molecule has 2 fully saturated rings. The molecule has 1 heterocycles. The van der Waals surface area contributed by atoms with Crippen molar-refractivity contribution in [2.75, 3.05) is 25.9 Å². The number of likely N-dealkylation sites (tertiary alicyclic amines) is 1. The van der Waals surface area contributed by atoms with Gasteiger partial charge in [-0.3, -0.25) is 0 Å². The molecule has 2 rings (SSSR count). The van der Waals surface area contributed by atoms with Gasteiger partial charge in [0.05, 0.1) is 0 Å². The number of hydrogen-bond acceptors (Lipinski definition) is 3. The van der Waals surface area contributed by atoms with Gasteiger partial charge in [0.25, 0.3) is 0 Å². The number of nitrogens with one attached hydrogen (secondary N) is 1. The van der Waals surface area contributed by atoms with E-state index in [-0.39, 0.29) is 0 Å². The van der Waals surface area contributed by atoms with Crippen LogP contribution in [0.2, 0.25) is 0 Å². The fraction of sp³-hybridized carbons (Fsp3) is 1.00. The Morgan fingerprint density at radius 3 is 2.50 bits per heavy atom. The van der Waals surface area contributed by atoms with Gasteiger partial charge in [-0.05, 0) is 50.9 Å². The van der Waals surface area contributed by atoms with Gasteiger partial charge in [-0.25, -0.2) is 0 Å². The molecule has 1 N–H and O–H groups in total. The highest BCUT2D eigenvalue weighted by molar-refractivity contribution is 7.99. The monoisotopic (exact) mass is 270 g/mol. The number of nitrogens with zero attached hydrogens (tertiary/aromatic N) is 1. The van der Waals surface area contributed by atoms with Crippen LogP contribution in [0.15, 0.2) is 0 Å². The summed E-state index contributed by atoms with van der Waals surface area (Å²) in [5, 5.41) is 4.82. The molecule has 3 heteroatoms. The van der Waals surface area contributed by atoms with Crippen LogP contribution in [0.3, 0.4) is 0 Å². The third-order valence-electron chi connectivity index (χ3n) is 4.42. The molecule has 0 bridgehead atoms. The molecule has 0 radical (unpaired) electrons. The van der Waals surface area contributed by atoms with Gasteiger partial charge >= 0.3 is 0 Å². The minimum absolute atomic E-state index is 0.783. The standard InChI is InChI=1S/C15H30N2S/c1-12(2)11-17-9-7-13(8-10-17)16-14-5-4-6-15(14)18-3/h12-16H,4-11H2,1-3H3/t14-,15+/m0/s1. The number of rotatable bonds is 5. The summed E-state index contributed by atoms with van der Waals surface area (Å²) < 4.78 is 0.